The van der Waals surface area contributed by atoms with Gasteiger partial charge in [0, 0.05) is 30.9 Å². The lowest BCUT2D eigenvalue weighted by Gasteiger charge is -2.41. The van der Waals surface area contributed by atoms with Gasteiger partial charge in [-0.2, -0.15) is 23.4 Å². The number of aromatic nitrogens is 5. The minimum absolute atomic E-state index is 0.0558. The van der Waals surface area contributed by atoms with Crippen LogP contribution in [0, 0.1) is 6.92 Å². The number of alkyl halides is 3. The van der Waals surface area contributed by atoms with E-state index in [0.717, 1.165) is 74.8 Å². The molecule has 0 saturated heterocycles. The van der Waals surface area contributed by atoms with E-state index in [0.29, 0.717) is 11.3 Å². The SMILES string of the molecule is Cc1nn(C)cc1-c1cc(C(F)(F)F)n2ncc(C(=O)N(C3CCCCC3)C3CCCCC3)c2n1. The summed E-state index contributed by atoms with van der Waals surface area (Å²) in [5, 5.41) is 8.26. The van der Waals surface area contributed by atoms with Gasteiger partial charge in [0.2, 0.25) is 0 Å². The Kier molecular flexibility index (Phi) is 6.31. The molecule has 0 N–H and O–H groups in total. The van der Waals surface area contributed by atoms with Gasteiger partial charge in [0.05, 0.1) is 17.6 Å². The summed E-state index contributed by atoms with van der Waals surface area (Å²) in [4.78, 5) is 20.6. The summed E-state index contributed by atoms with van der Waals surface area (Å²) in [5.74, 6) is -0.250. The van der Waals surface area contributed by atoms with Gasteiger partial charge in [0.1, 0.15) is 5.56 Å². The molecule has 0 spiro atoms. The highest BCUT2D eigenvalue weighted by atomic mass is 19.4. The minimum Gasteiger partial charge on any atom is -0.333 e. The third kappa shape index (κ3) is 4.54. The number of halogens is 3. The van der Waals surface area contributed by atoms with E-state index in [9.17, 15) is 18.0 Å². The zero-order valence-electron chi connectivity index (χ0n) is 20.2. The molecule has 2 aliphatic rings. The molecule has 1 amide bonds. The number of carbonyl (C=O) groups excluding carboxylic acids is 1. The number of hydrogen-bond acceptors (Lipinski definition) is 4. The van der Waals surface area contributed by atoms with Crippen LogP contribution in [0.4, 0.5) is 13.2 Å². The molecule has 5 rings (SSSR count). The number of amides is 1. The lowest BCUT2D eigenvalue weighted by Crippen LogP contribution is -2.48. The fourth-order valence-corrected chi connectivity index (χ4v) is 5.79. The zero-order chi connectivity index (χ0) is 24.7. The van der Waals surface area contributed by atoms with Crippen molar-refractivity contribution in [3.63, 3.8) is 0 Å². The van der Waals surface area contributed by atoms with Crippen LogP contribution in [0.5, 0.6) is 0 Å². The summed E-state index contributed by atoms with van der Waals surface area (Å²) in [6.07, 6.45) is 8.55. The molecule has 0 unspecified atom stereocenters. The summed E-state index contributed by atoms with van der Waals surface area (Å²) >= 11 is 0. The molecule has 3 aromatic heterocycles. The second-order valence-corrected chi connectivity index (χ2v) is 9.92. The van der Waals surface area contributed by atoms with Crippen molar-refractivity contribution in [2.45, 2.75) is 89.4 Å². The molecular weight excluding hydrogens is 457 g/mol. The summed E-state index contributed by atoms with van der Waals surface area (Å²) in [6.45, 7) is 1.73. The zero-order valence-corrected chi connectivity index (χ0v) is 20.2. The molecule has 2 fully saturated rings. The molecule has 0 atom stereocenters. The van der Waals surface area contributed by atoms with Crippen molar-refractivity contribution >= 4 is 11.6 Å². The van der Waals surface area contributed by atoms with Gasteiger partial charge >= 0.3 is 6.18 Å². The third-order valence-electron chi connectivity index (χ3n) is 7.45. The first kappa shape index (κ1) is 23.8. The van der Waals surface area contributed by atoms with Gasteiger partial charge in [-0.15, -0.1) is 0 Å². The molecule has 3 aromatic rings. The maximum Gasteiger partial charge on any atom is 0.433 e. The Labute approximate surface area is 202 Å². The number of hydrogen-bond donors (Lipinski definition) is 0. The van der Waals surface area contributed by atoms with Gasteiger partial charge in [-0.05, 0) is 38.7 Å². The lowest BCUT2D eigenvalue weighted by molar-refractivity contribution is -0.142. The molecule has 0 bridgehead atoms. The Morgan fingerprint density at radius 1 is 1.03 bits per heavy atom. The maximum absolute atomic E-state index is 14.1. The van der Waals surface area contributed by atoms with Crippen LogP contribution in [0.15, 0.2) is 18.5 Å². The van der Waals surface area contributed by atoms with Gasteiger partial charge < -0.3 is 4.90 Å². The van der Waals surface area contributed by atoms with E-state index < -0.39 is 11.9 Å². The Balaban J connectivity index is 1.63. The predicted octanol–water partition coefficient (Wildman–Crippen LogP) is 5.56. The Morgan fingerprint density at radius 3 is 2.14 bits per heavy atom. The number of fused-ring (bicyclic) bond motifs is 1. The molecule has 35 heavy (non-hydrogen) atoms. The molecule has 2 saturated carbocycles. The second kappa shape index (κ2) is 9.28. The van der Waals surface area contributed by atoms with Crippen LogP contribution in [-0.4, -0.2) is 47.3 Å². The van der Waals surface area contributed by atoms with E-state index in [1.807, 2.05) is 4.90 Å². The van der Waals surface area contributed by atoms with Gasteiger partial charge in [-0.3, -0.25) is 9.48 Å². The molecule has 0 aliphatic heterocycles. The van der Waals surface area contributed by atoms with Crippen LogP contribution in [0.25, 0.3) is 16.9 Å². The topological polar surface area (TPSA) is 68.3 Å². The molecule has 0 aromatic carbocycles. The van der Waals surface area contributed by atoms with Crippen molar-refractivity contribution in [2.75, 3.05) is 0 Å². The van der Waals surface area contributed by atoms with Gasteiger partial charge in [-0.25, -0.2) is 9.50 Å². The van der Waals surface area contributed by atoms with Crippen LogP contribution in [0.2, 0.25) is 0 Å². The largest absolute Gasteiger partial charge is 0.433 e. The Bertz CT molecular complexity index is 1200. The van der Waals surface area contributed by atoms with Crippen molar-refractivity contribution in [1.29, 1.82) is 0 Å². The van der Waals surface area contributed by atoms with Crippen molar-refractivity contribution in [3.05, 3.63) is 35.4 Å². The highest BCUT2D eigenvalue weighted by Crippen LogP contribution is 2.35. The fraction of sp³-hybridized carbons (Fsp3) is 0.600. The first-order chi connectivity index (χ1) is 16.7. The molecule has 7 nitrogen and oxygen atoms in total. The van der Waals surface area contributed by atoms with E-state index in [-0.39, 0.29) is 34.9 Å². The van der Waals surface area contributed by atoms with Crippen LogP contribution in [0.1, 0.15) is 86.0 Å². The smallest absolute Gasteiger partial charge is 0.333 e. The second-order valence-electron chi connectivity index (χ2n) is 9.92. The quantitative estimate of drug-likeness (QED) is 0.482. The molecule has 2 aliphatic carbocycles. The maximum atomic E-state index is 14.1. The standard InChI is InChI=1S/C25H31F3N6O/c1-16-20(15-32(2)31-16)21-13-22(25(26,27)28)34-23(30-21)19(14-29-34)24(35)33(17-9-5-3-6-10-17)18-11-7-4-8-12-18/h13-15,17-18H,3-12H2,1-2H3. The van der Waals surface area contributed by atoms with Gasteiger partial charge in [-0.1, -0.05) is 38.5 Å². The van der Waals surface area contributed by atoms with Crippen molar-refractivity contribution in [3.8, 4) is 11.3 Å². The number of nitrogens with zero attached hydrogens (tertiary/aromatic N) is 6. The molecule has 0 radical (unpaired) electrons. The van der Waals surface area contributed by atoms with E-state index in [1.165, 1.54) is 6.20 Å². The Morgan fingerprint density at radius 2 is 1.63 bits per heavy atom. The van der Waals surface area contributed by atoms with E-state index in [2.05, 4.69) is 15.2 Å². The van der Waals surface area contributed by atoms with Gasteiger partial charge in [0.15, 0.2) is 11.3 Å². The summed E-state index contributed by atoms with van der Waals surface area (Å²) < 4.78 is 44.5. The van der Waals surface area contributed by atoms with Crippen LogP contribution in [-0.2, 0) is 13.2 Å². The van der Waals surface area contributed by atoms with Crippen molar-refractivity contribution in [1.82, 2.24) is 29.3 Å². The molecule has 188 valence electrons. The normalized spacial score (nSPS) is 18.3. The lowest BCUT2D eigenvalue weighted by atomic mass is 9.88. The first-order valence-corrected chi connectivity index (χ1v) is 12.5. The summed E-state index contributed by atoms with van der Waals surface area (Å²) in [7, 11) is 1.71. The third-order valence-corrected chi connectivity index (χ3v) is 7.45. The Hall–Kier alpha value is -2.91. The summed E-state index contributed by atoms with van der Waals surface area (Å²) in [5.41, 5.74) is 0.315. The molecule has 3 heterocycles. The number of carbonyl (C=O) groups is 1. The average Bonchev–Trinajstić information content (AvgIpc) is 3.41. The first-order valence-electron chi connectivity index (χ1n) is 12.5. The van der Waals surface area contributed by atoms with Crippen LogP contribution < -0.4 is 0 Å². The monoisotopic (exact) mass is 488 g/mol. The highest BCUT2D eigenvalue weighted by molar-refractivity contribution is 6.00. The minimum atomic E-state index is -4.66. The van der Waals surface area contributed by atoms with E-state index >= 15 is 0 Å². The highest BCUT2D eigenvalue weighted by Gasteiger charge is 2.38. The van der Waals surface area contributed by atoms with Gasteiger partial charge in [0.25, 0.3) is 5.91 Å². The summed E-state index contributed by atoms with van der Waals surface area (Å²) in [6, 6.07) is 1.21. The number of aryl methyl sites for hydroxylation is 2. The van der Waals surface area contributed by atoms with Crippen molar-refractivity contribution in [2.24, 2.45) is 7.05 Å². The molecular formula is C25H31F3N6O. The molecule has 10 heteroatoms. The predicted molar refractivity (Wildman–Crippen MR) is 125 cm³/mol. The average molecular weight is 489 g/mol. The number of rotatable bonds is 4. The van der Waals surface area contributed by atoms with Crippen molar-refractivity contribution < 1.29 is 18.0 Å². The fourth-order valence-electron chi connectivity index (χ4n) is 5.79. The van der Waals surface area contributed by atoms with E-state index in [1.54, 1.807) is 24.9 Å². The van der Waals surface area contributed by atoms with E-state index in [4.69, 9.17) is 0 Å². The van der Waals surface area contributed by atoms with Crippen LogP contribution in [0.3, 0.4) is 0 Å². The van der Waals surface area contributed by atoms with Crippen LogP contribution >= 0.6 is 0 Å².